The van der Waals surface area contributed by atoms with Gasteiger partial charge in [0, 0.05) is 17.6 Å². The summed E-state index contributed by atoms with van der Waals surface area (Å²) in [6, 6.07) is 4.45. The van der Waals surface area contributed by atoms with E-state index in [2.05, 4.69) is 22.2 Å². The summed E-state index contributed by atoms with van der Waals surface area (Å²) < 4.78 is 33.1. The summed E-state index contributed by atoms with van der Waals surface area (Å²) in [5.41, 5.74) is -0.345. The summed E-state index contributed by atoms with van der Waals surface area (Å²) in [6.07, 6.45) is 7.33. The van der Waals surface area contributed by atoms with Crippen molar-refractivity contribution in [3.8, 4) is 5.75 Å². The molecule has 2 N–H and O–H groups in total. The maximum absolute atomic E-state index is 12.7. The van der Waals surface area contributed by atoms with Crippen LogP contribution < -0.4 is 14.8 Å². The number of methoxy groups -OCH3 is 1. The Bertz CT molecular complexity index is 779. The van der Waals surface area contributed by atoms with Gasteiger partial charge in [-0.3, -0.25) is 4.79 Å². The summed E-state index contributed by atoms with van der Waals surface area (Å²) in [5, 5.41) is 2.90. The monoisotopic (exact) mass is 380 g/mol. The molecule has 2 rings (SSSR count). The van der Waals surface area contributed by atoms with E-state index >= 15 is 0 Å². The number of carbonyl (C=O) groups is 1. The molecular weight excluding hydrogens is 352 g/mol. The van der Waals surface area contributed by atoms with Crippen LogP contribution in [0.3, 0.4) is 0 Å². The predicted molar refractivity (Wildman–Crippen MR) is 102 cm³/mol. The van der Waals surface area contributed by atoms with Crippen LogP contribution in [0.2, 0.25) is 0 Å². The number of sulfonamides is 1. The Kier molecular flexibility index (Phi) is 6.47. The topological polar surface area (TPSA) is 84.5 Å². The van der Waals surface area contributed by atoms with Crippen LogP contribution in [0.1, 0.15) is 50.4 Å². The van der Waals surface area contributed by atoms with Crippen molar-refractivity contribution in [3.05, 3.63) is 35.9 Å². The fourth-order valence-corrected chi connectivity index (χ4v) is 4.48. The first-order chi connectivity index (χ1) is 12.1. The third kappa shape index (κ3) is 5.57. The molecule has 1 unspecified atom stereocenters. The highest BCUT2D eigenvalue weighted by atomic mass is 32.2. The van der Waals surface area contributed by atoms with E-state index in [1.807, 2.05) is 0 Å². The molecule has 0 aromatic heterocycles. The molecule has 144 valence electrons. The number of hydrogen-bond acceptors (Lipinski definition) is 4. The number of hydrogen-bond donors (Lipinski definition) is 2. The zero-order chi connectivity index (χ0) is 19.4. The molecule has 1 aliphatic rings. The molecule has 6 nitrogen and oxygen atoms in total. The van der Waals surface area contributed by atoms with Crippen molar-refractivity contribution < 1.29 is 17.9 Å². The number of rotatable bonds is 6. The molecule has 26 heavy (non-hydrogen) atoms. The third-order valence-corrected chi connectivity index (χ3v) is 5.86. The molecule has 0 heterocycles. The number of carbonyl (C=O) groups excluding carboxylic acids is 1. The van der Waals surface area contributed by atoms with Gasteiger partial charge in [0.1, 0.15) is 10.6 Å². The van der Waals surface area contributed by atoms with Gasteiger partial charge in [0.05, 0.1) is 7.11 Å². The zero-order valence-electron chi connectivity index (χ0n) is 15.8. The normalized spacial score (nSPS) is 17.8. The Morgan fingerprint density at radius 2 is 2.00 bits per heavy atom. The second-order valence-corrected chi connectivity index (χ2v) is 9.23. The van der Waals surface area contributed by atoms with E-state index in [-0.39, 0.29) is 16.6 Å². The maximum atomic E-state index is 12.7. The molecule has 1 amide bonds. The quantitative estimate of drug-likeness (QED) is 0.743. The van der Waals surface area contributed by atoms with E-state index < -0.39 is 15.6 Å². The first-order valence-corrected chi connectivity index (χ1v) is 10.3. The SMILES string of the molecule is COc1ccc(C(=O)NCC2CC=CCC2)cc1S(=O)(=O)NC(C)(C)C. The summed E-state index contributed by atoms with van der Waals surface area (Å²) in [7, 11) is -2.41. The standard InChI is InChI=1S/C19H28N2O4S/c1-19(2,3)21-26(23,24)17-12-15(10-11-16(17)25-4)18(22)20-13-14-8-6-5-7-9-14/h5-6,10-12,14,21H,7-9,13H2,1-4H3,(H,20,22). The molecule has 0 aliphatic heterocycles. The van der Waals surface area contributed by atoms with E-state index in [0.29, 0.717) is 18.0 Å². The first kappa shape index (κ1) is 20.5. The van der Waals surface area contributed by atoms with Crippen molar-refractivity contribution in [2.24, 2.45) is 5.92 Å². The van der Waals surface area contributed by atoms with Crippen LogP contribution in [0.5, 0.6) is 5.75 Å². The molecule has 0 radical (unpaired) electrons. The Labute approximate surface area is 156 Å². The Hall–Kier alpha value is -1.86. The molecular formula is C19H28N2O4S. The van der Waals surface area contributed by atoms with E-state index in [1.165, 1.54) is 19.2 Å². The van der Waals surface area contributed by atoms with Crippen LogP contribution in [0.25, 0.3) is 0 Å². The molecule has 1 atom stereocenters. The van der Waals surface area contributed by atoms with Gasteiger partial charge < -0.3 is 10.1 Å². The highest BCUT2D eigenvalue weighted by Gasteiger charge is 2.26. The Morgan fingerprint density at radius 1 is 1.27 bits per heavy atom. The minimum Gasteiger partial charge on any atom is -0.495 e. The highest BCUT2D eigenvalue weighted by molar-refractivity contribution is 7.89. The lowest BCUT2D eigenvalue weighted by molar-refractivity contribution is 0.0946. The second kappa shape index (κ2) is 8.22. The third-order valence-electron chi connectivity index (χ3n) is 4.08. The highest BCUT2D eigenvalue weighted by Crippen LogP contribution is 2.26. The molecule has 1 aliphatic carbocycles. The van der Waals surface area contributed by atoms with Gasteiger partial charge in [0.15, 0.2) is 0 Å². The van der Waals surface area contributed by atoms with Crippen LogP contribution in [-0.2, 0) is 10.0 Å². The van der Waals surface area contributed by atoms with Gasteiger partial charge in [0.25, 0.3) is 5.91 Å². The van der Waals surface area contributed by atoms with E-state index in [9.17, 15) is 13.2 Å². The van der Waals surface area contributed by atoms with Crippen LogP contribution in [0.4, 0.5) is 0 Å². The van der Waals surface area contributed by atoms with Crippen LogP contribution in [0, 0.1) is 5.92 Å². The van der Waals surface area contributed by atoms with Gasteiger partial charge in [-0.2, -0.15) is 0 Å². The molecule has 0 saturated heterocycles. The van der Waals surface area contributed by atoms with Gasteiger partial charge in [-0.25, -0.2) is 13.1 Å². The number of nitrogens with one attached hydrogen (secondary N) is 2. The fraction of sp³-hybridized carbons (Fsp3) is 0.526. The first-order valence-electron chi connectivity index (χ1n) is 8.77. The van der Waals surface area contributed by atoms with Crippen LogP contribution in [0.15, 0.2) is 35.2 Å². The second-order valence-electron chi connectivity index (χ2n) is 7.58. The molecule has 7 heteroatoms. The van der Waals surface area contributed by atoms with Crippen molar-refractivity contribution in [3.63, 3.8) is 0 Å². The Morgan fingerprint density at radius 3 is 2.58 bits per heavy atom. The van der Waals surface area contributed by atoms with Gasteiger partial charge in [-0.15, -0.1) is 0 Å². The smallest absolute Gasteiger partial charge is 0.251 e. The molecule has 0 bridgehead atoms. The summed E-state index contributed by atoms with van der Waals surface area (Å²) >= 11 is 0. The lowest BCUT2D eigenvalue weighted by Crippen LogP contribution is -2.40. The number of allylic oxidation sites excluding steroid dienone is 2. The largest absolute Gasteiger partial charge is 0.495 e. The average Bonchev–Trinajstić information content (AvgIpc) is 2.58. The summed E-state index contributed by atoms with van der Waals surface area (Å²) in [4.78, 5) is 12.4. The summed E-state index contributed by atoms with van der Waals surface area (Å²) in [6.45, 7) is 5.85. The molecule has 0 saturated carbocycles. The minimum atomic E-state index is -3.82. The fourth-order valence-electron chi connectivity index (χ4n) is 2.87. The van der Waals surface area contributed by atoms with Crippen molar-refractivity contribution in [2.45, 2.75) is 50.5 Å². The van der Waals surface area contributed by atoms with Gasteiger partial charge >= 0.3 is 0 Å². The van der Waals surface area contributed by atoms with Crippen LogP contribution in [-0.4, -0.2) is 33.5 Å². The van der Waals surface area contributed by atoms with E-state index in [4.69, 9.17) is 4.74 Å². The van der Waals surface area contributed by atoms with Gasteiger partial charge in [0.2, 0.25) is 10.0 Å². The summed E-state index contributed by atoms with van der Waals surface area (Å²) in [5.74, 6) is 0.345. The van der Waals surface area contributed by atoms with Crippen molar-refractivity contribution in [1.82, 2.24) is 10.0 Å². The number of amides is 1. The predicted octanol–water partition coefficient (Wildman–Crippen LogP) is 2.86. The van der Waals surface area contributed by atoms with E-state index in [1.54, 1.807) is 26.8 Å². The lowest BCUT2D eigenvalue weighted by Gasteiger charge is -2.22. The van der Waals surface area contributed by atoms with Crippen molar-refractivity contribution in [1.29, 1.82) is 0 Å². The molecule has 0 spiro atoms. The molecule has 0 fully saturated rings. The Balaban J connectivity index is 2.20. The number of benzene rings is 1. The van der Waals surface area contributed by atoms with Gasteiger partial charge in [-0.05, 0) is 64.2 Å². The molecule has 1 aromatic carbocycles. The van der Waals surface area contributed by atoms with Crippen molar-refractivity contribution >= 4 is 15.9 Å². The van der Waals surface area contributed by atoms with Gasteiger partial charge in [-0.1, -0.05) is 12.2 Å². The number of ether oxygens (including phenoxy) is 1. The van der Waals surface area contributed by atoms with E-state index in [0.717, 1.165) is 19.3 Å². The van der Waals surface area contributed by atoms with Crippen LogP contribution >= 0.6 is 0 Å². The minimum absolute atomic E-state index is 0.0387. The zero-order valence-corrected chi connectivity index (χ0v) is 16.7. The average molecular weight is 381 g/mol. The maximum Gasteiger partial charge on any atom is 0.251 e. The van der Waals surface area contributed by atoms with Crippen molar-refractivity contribution in [2.75, 3.05) is 13.7 Å². The lowest BCUT2D eigenvalue weighted by atomic mass is 9.94. The molecule has 1 aromatic rings.